The van der Waals surface area contributed by atoms with Gasteiger partial charge in [0.05, 0.1) is 5.03 Å². The van der Waals surface area contributed by atoms with Crippen molar-refractivity contribution in [3.63, 3.8) is 0 Å². The zero-order valence-electron chi connectivity index (χ0n) is 6.40. The van der Waals surface area contributed by atoms with E-state index in [4.69, 9.17) is 11.6 Å². The molecule has 1 aliphatic rings. The van der Waals surface area contributed by atoms with Crippen molar-refractivity contribution in [1.29, 1.82) is 0 Å². The quantitative estimate of drug-likeness (QED) is 0.679. The highest BCUT2D eigenvalue weighted by molar-refractivity contribution is 6.31. The van der Waals surface area contributed by atoms with Gasteiger partial charge in [0, 0.05) is 6.54 Å². The summed E-state index contributed by atoms with van der Waals surface area (Å²) in [6.45, 7) is 0.847. The molecule has 0 amide bonds. The van der Waals surface area contributed by atoms with Crippen molar-refractivity contribution in [2.45, 2.75) is 6.42 Å². The number of rotatable bonds is 2. The highest BCUT2D eigenvalue weighted by Gasteiger charge is 2.12. The Bertz CT molecular complexity index is 198. The van der Waals surface area contributed by atoms with Crippen molar-refractivity contribution in [2.75, 3.05) is 13.6 Å². The van der Waals surface area contributed by atoms with E-state index in [0.29, 0.717) is 5.92 Å². The number of hydrogen-bond donors (Lipinski definition) is 1. The molecular formula is C8H11ClFN. The van der Waals surface area contributed by atoms with Gasteiger partial charge < -0.3 is 5.32 Å². The standard InChI is InChI=1S/C8H11ClFN/c1-11-5-6-2-3-8(10)7(9)4-6/h3-4,6,11H,2,5H2,1H3. The molecule has 1 nitrogen and oxygen atoms in total. The molecule has 0 fully saturated rings. The Balaban J connectivity index is 2.54. The molecule has 0 saturated carbocycles. The van der Waals surface area contributed by atoms with Crippen molar-refractivity contribution in [2.24, 2.45) is 5.92 Å². The fourth-order valence-electron chi connectivity index (χ4n) is 1.11. The van der Waals surface area contributed by atoms with E-state index in [-0.39, 0.29) is 10.9 Å². The predicted molar refractivity (Wildman–Crippen MR) is 45.2 cm³/mol. The van der Waals surface area contributed by atoms with Crippen LogP contribution >= 0.6 is 11.6 Å². The summed E-state index contributed by atoms with van der Waals surface area (Å²) in [6, 6.07) is 0. The molecule has 0 spiro atoms. The molecule has 0 radical (unpaired) electrons. The third-order valence-corrected chi connectivity index (χ3v) is 1.98. The lowest BCUT2D eigenvalue weighted by Gasteiger charge is -2.14. The molecule has 0 saturated heterocycles. The van der Waals surface area contributed by atoms with Gasteiger partial charge in [-0.25, -0.2) is 4.39 Å². The number of nitrogens with one attached hydrogen (secondary N) is 1. The Kier molecular flexibility index (Phi) is 3.09. The second kappa shape index (κ2) is 3.88. The average molecular weight is 176 g/mol. The largest absolute Gasteiger partial charge is 0.319 e. The van der Waals surface area contributed by atoms with Crippen molar-refractivity contribution in [1.82, 2.24) is 5.32 Å². The van der Waals surface area contributed by atoms with Crippen LogP contribution in [0.3, 0.4) is 0 Å². The Morgan fingerprint density at radius 2 is 2.55 bits per heavy atom. The minimum atomic E-state index is -0.293. The first kappa shape index (κ1) is 8.75. The highest BCUT2D eigenvalue weighted by atomic mass is 35.5. The maximum atomic E-state index is 12.6. The molecule has 0 aromatic carbocycles. The SMILES string of the molecule is CNCC1C=C(Cl)C(F)=CC1. The summed E-state index contributed by atoms with van der Waals surface area (Å²) in [5.41, 5.74) is 0. The minimum Gasteiger partial charge on any atom is -0.319 e. The van der Waals surface area contributed by atoms with Gasteiger partial charge in [0.2, 0.25) is 0 Å². The van der Waals surface area contributed by atoms with Crippen LogP contribution < -0.4 is 5.32 Å². The van der Waals surface area contributed by atoms with E-state index in [0.717, 1.165) is 13.0 Å². The zero-order chi connectivity index (χ0) is 8.27. The Hall–Kier alpha value is -0.340. The molecule has 0 heterocycles. The summed E-state index contributed by atoms with van der Waals surface area (Å²) in [7, 11) is 1.87. The summed E-state index contributed by atoms with van der Waals surface area (Å²) in [5.74, 6) is 0.0472. The topological polar surface area (TPSA) is 12.0 Å². The van der Waals surface area contributed by atoms with E-state index in [1.807, 2.05) is 7.05 Å². The molecule has 0 bridgehead atoms. The molecule has 1 aliphatic carbocycles. The molecule has 11 heavy (non-hydrogen) atoms. The molecule has 0 aromatic heterocycles. The van der Waals surface area contributed by atoms with Gasteiger partial charge in [-0.15, -0.1) is 0 Å². The molecular weight excluding hydrogens is 165 g/mol. The molecule has 0 aliphatic heterocycles. The van der Waals surface area contributed by atoms with Gasteiger partial charge in [-0.3, -0.25) is 0 Å². The second-order valence-corrected chi connectivity index (χ2v) is 3.03. The van der Waals surface area contributed by atoms with Crippen molar-refractivity contribution in [3.8, 4) is 0 Å². The predicted octanol–water partition coefficient (Wildman–Crippen LogP) is 2.20. The van der Waals surface area contributed by atoms with E-state index < -0.39 is 0 Å². The number of hydrogen-bond acceptors (Lipinski definition) is 1. The number of allylic oxidation sites excluding steroid dienone is 3. The van der Waals surface area contributed by atoms with Gasteiger partial charge in [0.25, 0.3) is 0 Å². The molecule has 0 aromatic rings. The summed E-state index contributed by atoms with van der Waals surface area (Å²) in [5, 5.41) is 3.26. The van der Waals surface area contributed by atoms with Crippen LogP contribution in [-0.2, 0) is 0 Å². The van der Waals surface area contributed by atoms with Crippen molar-refractivity contribution < 1.29 is 4.39 Å². The fourth-order valence-corrected chi connectivity index (χ4v) is 1.37. The lowest BCUT2D eigenvalue weighted by Crippen LogP contribution is -2.18. The molecule has 1 N–H and O–H groups in total. The first-order chi connectivity index (χ1) is 5.24. The number of halogens is 2. The van der Waals surface area contributed by atoms with Crippen LogP contribution in [-0.4, -0.2) is 13.6 Å². The highest BCUT2D eigenvalue weighted by Crippen LogP contribution is 2.25. The van der Waals surface area contributed by atoms with Crippen LogP contribution in [0.5, 0.6) is 0 Å². The summed E-state index contributed by atoms with van der Waals surface area (Å²) in [6.07, 6.45) is 4.03. The van der Waals surface area contributed by atoms with Crippen LogP contribution in [0, 0.1) is 5.92 Å². The molecule has 62 valence electrons. The average Bonchev–Trinajstić information content (AvgIpc) is 1.98. The lowest BCUT2D eigenvalue weighted by molar-refractivity contribution is 0.568. The van der Waals surface area contributed by atoms with Gasteiger partial charge in [0.15, 0.2) is 0 Å². The smallest absolute Gasteiger partial charge is 0.137 e. The lowest BCUT2D eigenvalue weighted by atomic mass is 10.0. The van der Waals surface area contributed by atoms with Crippen LogP contribution in [0.2, 0.25) is 0 Å². The van der Waals surface area contributed by atoms with Crippen molar-refractivity contribution in [3.05, 3.63) is 23.0 Å². The maximum absolute atomic E-state index is 12.6. The van der Waals surface area contributed by atoms with Crippen LogP contribution in [0.1, 0.15) is 6.42 Å². The first-order valence-corrected chi connectivity index (χ1v) is 3.99. The van der Waals surface area contributed by atoms with E-state index in [9.17, 15) is 4.39 Å². The Morgan fingerprint density at radius 1 is 1.82 bits per heavy atom. The zero-order valence-corrected chi connectivity index (χ0v) is 7.16. The fraction of sp³-hybridized carbons (Fsp3) is 0.500. The summed E-state index contributed by atoms with van der Waals surface area (Å²) < 4.78 is 12.6. The van der Waals surface area contributed by atoms with Crippen LogP contribution in [0.4, 0.5) is 4.39 Å². The molecule has 3 heteroatoms. The van der Waals surface area contributed by atoms with E-state index in [1.165, 1.54) is 6.08 Å². The van der Waals surface area contributed by atoms with E-state index in [1.54, 1.807) is 6.08 Å². The third kappa shape index (κ3) is 2.31. The van der Waals surface area contributed by atoms with Crippen molar-refractivity contribution >= 4 is 11.6 Å². The second-order valence-electron chi connectivity index (χ2n) is 2.62. The van der Waals surface area contributed by atoms with Crippen LogP contribution in [0.15, 0.2) is 23.0 Å². The van der Waals surface area contributed by atoms with E-state index in [2.05, 4.69) is 5.32 Å². The molecule has 1 atom stereocenters. The molecule has 1 rings (SSSR count). The normalized spacial score (nSPS) is 24.5. The van der Waals surface area contributed by atoms with Crippen LogP contribution in [0.25, 0.3) is 0 Å². The minimum absolute atomic E-state index is 0.247. The summed E-state index contributed by atoms with van der Waals surface area (Å²) >= 11 is 5.59. The van der Waals surface area contributed by atoms with Gasteiger partial charge in [-0.2, -0.15) is 0 Å². The van der Waals surface area contributed by atoms with Gasteiger partial charge in [0.1, 0.15) is 5.83 Å². The molecule has 1 unspecified atom stereocenters. The Labute approximate surface area is 70.9 Å². The van der Waals surface area contributed by atoms with Gasteiger partial charge >= 0.3 is 0 Å². The van der Waals surface area contributed by atoms with E-state index >= 15 is 0 Å². The monoisotopic (exact) mass is 175 g/mol. The first-order valence-electron chi connectivity index (χ1n) is 3.62. The van der Waals surface area contributed by atoms with Gasteiger partial charge in [-0.05, 0) is 25.5 Å². The van der Waals surface area contributed by atoms with Gasteiger partial charge in [-0.1, -0.05) is 17.7 Å². The summed E-state index contributed by atoms with van der Waals surface area (Å²) in [4.78, 5) is 0. The Morgan fingerprint density at radius 3 is 3.09 bits per heavy atom. The third-order valence-electron chi connectivity index (χ3n) is 1.68. The maximum Gasteiger partial charge on any atom is 0.137 e.